The highest BCUT2D eigenvalue weighted by atomic mass is 16.2. The predicted octanol–water partition coefficient (Wildman–Crippen LogP) is 2.14. The summed E-state index contributed by atoms with van der Waals surface area (Å²) in [5, 5.41) is 0. The number of amides is 2. The number of hydrogen-bond acceptors (Lipinski definition) is 2. The molecule has 94 valence electrons. The van der Waals surface area contributed by atoms with Gasteiger partial charge in [-0.3, -0.25) is 4.90 Å². The molecule has 0 radical (unpaired) electrons. The molecule has 2 amide bonds. The van der Waals surface area contributed by atoms with Gasteiger partial charge in [0, 0.05) is 0 Å². The Bertz CT molecular complexity index is 343. The van der Waals surface area contributed by atoms with Crippen molar-refractivity contribution >= 4 is 11.9 Å². The van der Waals surface area contributed by atoms with Crippen molar-refractivity contribution in [2.75, 3.05) is 0 Å². The Hall–Kier alpha value is -1.50. The normalized spacial score (nSPS) is 21.2. The van der Waals surface area contributed by atoms with Gasteiger partial charge in [0.05, 0.1) is 12.1 Å². The summed E-state index contributed by atoms with van der Waals surface area (Å²) in [6.07, 6.45) is 10.8. The highest BCUT2D eigenvalue weighted by Crippen LogP contribution is 2.20. The zero-order chi connectivity index (χ0) is 12.8. The first-order chi connectivity index (χ1) is 8.11. The van der Waals surface area contributed by atoms with Crippen molar-refractivity contribution in [2.45, 2.75) is 58.0 Å². The van der Waals surface area contributed by atoms with Crippen LogP contribution in [0.3, 0.4) is 0 Å². The van der Waals surface area contributed by atoms with Gasteiger partial charge in [0.15, 0.2) is 0 Å². The third kappa shape index (κ3) is 3.23. The second-order valence-corrected chi connectivity index (χ2v) is 4.43. The molecule has 2 atom stereocenters. The van der Waals surface area contributed by atoms with E-state index in [1.54, 1.807) is 4.90 Å². The van der Waals surface area contributed by atoms with Gasteiger partial charge in [-0.2, -0.15) is 4.99 Å². The number of carbonyl (C=O) groups excluding carboxylic acids is 1. The molecule has 1 rings (SSSR count). The number of carbonyl (C=O) groups is 1. The van der Waals surface area contributed by atoms with E-state index in [1.807, 2.05) is 6.92 Å². The molecule has 1 aliphatic rings. The van der Waals surface area contributed by atoms with Crippen LogP contribution < -0.4 is 5.73 Å². The van der Waals surface area contributed by atoms with E-state index in [9.17, 15) is 4.79 Å². The summed E-state index contributed by atoms with van der Waals surface area (Å²) in [6.45, 7) is 3.99. The molecular weight excluding hydrogens is 214 g/mol. The molecule has 0 saturated carbocycles. The molecular formula is C13H21N3O. The van der Waals surface area contributed by atoms with E-state index in [4.69, 9.17) is 12.2 Å². The molecule has 1 aliphatic heterocycles. The third-order valence-electron chi connectivity index (χ3n) is 3.11. The summed E-state index contributed by atoms with van der Waals surface area (Å²) in [5.74, 6) is 2.98. The Morgan fingerprint density at radius 1 is 1.53 bits per heavy atom. The summed E-state index contributed by atoms with van der Waals surface area (Å²) in [6, 6.07) is -0.651. The Kier molecular flexibility index (Phi) is 5.02. The molecule has 2 unspecified atom stereocenters. The van der Waals surface area contributed by atoms with Crippen LogP contribution in [0.25, 0.3) is 0 Å². The molecule has 4 heteroatoms. The van der Waals surface area contributed by atoms with E-state index in [-0.39, 0.29) is 18.1 Å². The second kappa shape index (κ2) is 6.29. The average molecular weight is 235 g/mol. The molecule has 0 fully saturated rings. The molecule has 1 heterocycles. The Morgan fingerprint density at radius 2 is 2.24 bits per heavy atom. The minimum atomic E-state index is -0.298. The number of unbranched alkanes of at least 4 members (excludes halogenated alkanes) is 3. The zero-order valence-electron chi connectivity index (χ0n) is 10.6. The molecule has 0 saturated heterocycles. The lowest BCUT2D eigenvalue weighted by atomic mass is 10.0. The van der Waals surface area contributed by atoms with Gasteiger partial charge < -0.3 is 5.73 Å². The Labute approximate surface area is 103 Å². The summed E-state index contributed by atoms with van der Waals surface area (Å²) in [7, 11) is 0. The van der Waals surface area contributed by atoms with E-state index in [0.29, 0.717) is 5.84 Å². The van der Waals surface area contributed by atoms with E-state index >= 15 is 0 Å². The number of terminal acetylenes is 1. The smallest absolute Gasteiger partial charge is 0.346 e. The van der Waals surface area contributed by atoms with Crippen LogP contribution >= 0.6 is 0 Å². The fourth-order valence-electron chi connectivity index (χ4n) is 2.09. The van der Waals surface area contributed by atoms with Crippen molar-refractivity contribution in [3.05, 3.63) is 0 Å². The van der Waals surface area contributed by atoms with Gasteiger partial charge in [0.25, 0.3) is 0 Å². The van der Waals surface area contributed by atoms with Crippen molar-refractivity contribution < 1.29 is 4.79 Å². The van der Waals surface area contributed by atoms with E-state index < -0.39 is 0 Å². The molecule has 0 spiro atoms. The maximum atomic E-state index is 11.6. The number of nitrogens with zero attached hydrogens (tertiary/aromatic N) is 2. The van der Waals surface area contributed by atoms with Crippen molar-refractivity contribution in [1.82, 2.24) is 4.90 Å². The van der Waals surface area contributed by atoms with E-state index in [1.165, 1.54) is 12.8 Å². The number of aliphatic imine (C=N–C) groups is 1. The van der Waals surface area contributed by atoms with Crippen molar-refractivity contribution in [3.8, 4) is 12.3 Å². The van der Waals surface area contributed by atoms with Gasteiger partial charge in [0.2, 0.25) is 0 Å². The number of urea groups is 1. The molecule has 17 heavy (non-hydrogen) atoms. The van der Waals surface area contributed by atoms with Crippen LogP contribution in [0.1, 0.15) is 46.0 Å². The maximum absolute atomic E-state index is 11.6. The standard InChI is InChI=1S/C13H21N3O/c1-4-6-7-8-9-11-12(14)15-13(17)16(11)10(3)5-2/h2,10-11H,4,6-9H2,1,3H3,(H2,14,15,17). The molecule has 0 aliphatic carbocycles. The van der Waals surface area contributed by atoms with Gasteiger partial charge in [-0.25, -0.2) is 4.79 Å². The van der Waals surface area contributed by atoms with Crippen molar-refractivity contribution in [2.24, 2.45) is 10.7 Å². The largest absolute Gasteiger partial charge is 0.385 e. The lowest BCUT2D eigenvalue weighted by Gasteiger charge is -2.27. The first kappa shape index (κ1) is 13.6. The van der Waals surface area contributed by atoms with Gasteiger partial charge in [0.1, 0.15) is 5.84 Å². The molecule has 0 aromatic rings. The molecule has 0 aromatic heterocycles. The van der Waals surface area contributed by atoms with Gasteiger partial charge in [-0.1, -0.05) is 38.5 Å². The fourth-order valence-corrected chi connectivity index (χ4v) is 2.09. The van der Waals surface area contributed by atoms with Crippen LogP contribution in [0.5, 0.6) is 0 Å². The number of nitrogens with two attached hydrogens (primary N) is 1. The summed E-state index contributed by atoms with van der Waals surface area (Å²) < 4.78 is 0. The zero-order valence-corrected chi connectivity index (χ0v) is 10.6. The van der Waals surface area contributed by atoms with Crippen molar-refractivity contribution in [1.29, 1.82) is 0 Å². The lowest BCUT2D eigenvalue weighted by Crippen LogP contribution is -2.44. The van der Waals surface area contributed by atoms with Crippen LogP contribution in [0.2, 0.25) is 0 Å². The molecule has 2 N–H and O–H groups in total. The van der Waals surface area contributed by atoms with Crippen LogP contribution in [0, 0.1) is 12.3 Å². The van der Waals surface area contributed by atoms with E-state index in [2.05, 4.69) is 17.8 Å². The Balaban J connectivity index is 2.58. The lowest BCUT2D eigenvalue weighted by molar-refractivity contribution is 0.195. The summed E-state index contributed by atoms with van der Waals surface area (Å²) in [4.78, 5) is 17.1. The maximum Gasteiger partial charge on any atom is 0.346 e. The monoisotopic (exact) mass is 235 g/mol. The van der Waals surface area contributed by atoms with Crippen LogP contribution in [-0.4, -0.2) is 28.9 Å². The van der Waals surface area contributed by atoms with Crippen LogP contribution in [0.15, 0.2) is 4.99 Å². The summed E-state index contributed by atoms with van der Waals surface area (Å²) in [5.41, 5.74) is 5.79. The van der Waals surface area contributed by atoms with Gasteiger partial charge >= 0.3 is 6.03 Å². The van der Waals surface area contributed by atoms with E-state index in [0.717, 1.165) is 19.3 Å². The van der Waals surface area contributed by atoms with Gasteiger partial charge in [-0.15, -0.1) is 6.42 Å². The SMILES string of the molecule is C#CC(C)N1C(=O)N=C(N)C1CCCCCC. The van der Waals surface area contributed by atoms with Crippen LogP contribution in [0.4, 0.5) is 4.79 Å². The predicted molar refractivity (Wildman–Crippen MR) is 69.7 cm³/mol. The van der Waals surface area contributed by atoms with Crippen molar-refractivity contribution in [3.63, 3.8) is 0 Å². The quantitative estimate of drug-likeness (QED) is 0.566. The fraction of sp³-hybridized carbons (Fsp3) is 0.692. The second-order valence-electron chi connectivity index (χ2n) is 4.43. The average Bonchev–Trinajstić information content (AvgIpc) is 2.59. The number of amidine groups is 1. The third-order valence-corrected chi connectivity index (χ3v) is 3.11. The highest BCUT2D eigenvalue weighted by molar-refractivity contribution is 6.03. The first-order valence-corrected chi connectivity index (χ1v) is 6.24. The molecule has 0 aromatic carbocycles. The first-order valence-electron chi connectivity index (χ1n) is 6.24. The number of rotatable bonds is 6. The molecule has 0 bridgehead atoms. The topological polar surface area (TPSA) is 58.7 Å². The molecule has 4 nitrogen and oxygen atoms in total. The summed E-state index contributed by atoms with van der Waals surface area (Å²) >= 11 is 0. The minimum absolute atomic E-state index is 0.106. The van der Waals surface area contributed by atoms with Gasteiger partial charge in [-0.05, 0) is 13.3 Å². The minimum Gasteiger partial charge on any atom is -0.385 e. The highest BCUT2D eigenvalue weighted by Gasteiger charge is 2.35. The number of hydrogen-bond donors (Lipinski definition) is 1. The van der Waals surface area contributed by atoms with Crippen LogP contribution in [-0.2, 0) is 0 Å². The Morgan fingerprint density at radius 3 is 2.82 bits per heavy atom.